The molecule has 0 fully saturated rings. The molecule has 0 unspecified atom stereocenters. The van der Waals surface area contributed by atoms with Gasteiger partial charge in [-0.2, -0.15) is 5.10 Å². The second-order valence-corrected chi connectivity index (χ2v) is 4.02. The van der Waals surface area contributed by atoms with Crippen LogP contribution in [0.25, 0.3) is 0 Å². The van der Waals surface area contributed by atoms with Crippen LogP contribution in [0.5, 0.6) is 0 Å². The van der Waals surface area contributed by atoms with Gasteiger partial charge in [0, 0.05) is 18.7 Å². The highest BCUT2D eigenvalue weighted by Gasteiger charge is 2.10. The van der Waals surface area contributed by atoms with Crippen LogP contribution in [-0.2, 0) is 6.42 Å². The standard InChI is InChI=1S/C12H14FN5O/c13-8-3-4-10(14)9(6-8)12(19)15-5-1-2-11-16-7-17-18-11/h3-4,6-7H,1-2,5,14H2,(H,15,19)(H,16,17,18). The van der Waals surface area contributed by atoms with E-state index in [1.807, 2.05) is 0 Å². The Kier molecular flexibility index (Phi) is 4.07. The summed E-state index contributed by atoms with van der Waals surface area (Å²) >= 11 is 0. The van der Waals surface area contributed by atoms with Gasteiger partial charge in [-0.25, -0.2) is 9.37 Å². The molecular formula is C12H14FN5O. The highest BCUT2D eigenvalue weighted by atomic mass is 19.1. The summed E-state index contributed by atoms with van der Waals surface area (Å²) in [6, 6.07) is 3.72. The summed E-state index contributed by atoms with van der Waals surface area (Å²) in [4.78, 5) is 15.8. The number of nitrogen functional groups attached to an aromatic ring is 1. The number of H-pyrrole nitrogens is 1. The largest absolute Gasteiger partial charge is 0.398 e. The van der Waals surface area contributed by atoms with Gasteiger partial charge in [0.05, 0.1) is 5.56 Å². The molecule has 7 heteroatoms. The molecule has 0 aliphatic carbocycles. The van der Waals surface area contributed by atoms with Crippen LogP contribution in [0, 0.1) is 5.82 Å². The van der Waals surface area contributed by atoms with Crippen LogP contribution >= 0.6 is 0 Å². The fraction of sp³-hybridized carbons (Fsp3) is 0.250. The third-order valence-corrected chi connectivity index (χ3v) is 2.60. The van der Waals surface area contributed by atoms with E-state index in [-0.39, 0.29) is 17.2 Å². The summed E-state index contributed by atoms with van der Waals surface area (Å²) in [5.74, 6) is -0.102. The number of anilines is 1. The van der Waals surface area contributed by atoms with Gasteiger partial charge in [0.2, 0.25) is 0 Å². The average molecular weight is 263 g/mol. The Bertz CT molecular complexity index is 555. The predicted octanol–water partition coefficient (Wildman–Crippen LogP) is 0.889. The maximum absolute atomic E-state index is 13.0. The molecule has 0 aliphatic heterocycles. The lowest BCUT2D eigenvalue weighted by atomic mass is 10.1. The van der Waals surface area contributed by atoms with Crippen LogP contribution in [0.4, 0.5) is 10.1 Å². The van der Waals surface area contributed by atoms with E-state index in [0.29, 0.717) is 19.4 Å². The first-order valence-electron chi connectivity index (χ1n) is 5.84. The van der Waals surface area contributed by atoms with Crippen LogP contribution in [0.3, 0.4) is 0 Å². The summed E-state index contributed by atoms with van der Waals surface area (Å²) in [6.45, 7) is 0.454. The van der Waals surface area contributed by atoms with Gasteiger partial charge in [0.15, 0.2) is 0 Å². The van der Waals surface area contributed by atoms with E-state index >= 15 is 0 Å². The first kappa shape index (κ1) is 13.0. The van der Waals surface area contributed by atoms with Crippen molar-refractivity contribution in [2.24, 2.45) is 0 Å². The Balaban J connectivity index is 1.82. The Hall–Kier alpha value is -2.44. The van der Waals surface area contributed by atoms with Crippen LogP contribution in [-0.4, -0.2) is 27.6 Å². The molecule has 100 valence electrons. The lowest BCUT2D eigenvalue weighted by molar-refractivity contribution is 0.0953. The molecule has 0 aliphatic rings. The number of amides is 1. The van der Waals surface area contributed by atoms with E-state index in [0.717, 1.165) is 11.9 Å². The summed E-state index contributed by atoms with van der Waals surface area (Å²) < 4.78 is 13.0. The molecule has 19 heavy (non-hydrogen) atoms. The quantitative estimate of drug-likeness (QED) is 0.551. The third kappa shape index (κ3) is 3.51. The second kappa shape index (κ2) is 5.94. The van der Waals surface area contributed by atoms with Gasteiger partial charge in [-0.3, -0.25) is 9.89 Å². The Morgan fingerprint density at radius 2 is 2.32 bits per heavy atom. The summed E-state index contributed by atoms with van der Waals surface area (Å²) in [7, 11) is 0. The number of carbonyl (C=O) groups excluding carboxylic acids is 1. The molecule has 0 bridgehead atoms. The number of hydrogen-bond donors (Lipinski definition) is 3. The van der Waals surface area contributed by atoms with Crippen LogP contribution < -0.4 is 11.1 Å². The van der Waals surface area contributed by atoms with Crippen molar-refractivity contribution in [1.82, 2.24) is 20.5 Å². The number of nitrogens with two attached hydrogens (primary N) is 1. The highest BCUT2D eigenvalue weighted by molar-refractivity contribution is 5.99. The van der Waals surface area contributed by atoms with E-state index < -0.39 is 5.82 Å². The van der Waals surface area contributed by atoms with Crippen molar-refractivity contribution in [2.45, 2.75) is 12.8 Å². The Labute approximate surface area is 109 Å². The molecule has 6 nitrogen and oxygen atoms in total. The number of nitrogens with one attached hydrogen (secondary N) is 2. The molecule has 1 heterocycles. The van der Waals surface area contributed by atoms with Gasteiger partial charge in [-0.05, 0) is 24.6 Å². The molecule has 1 amide bonds. The molecule has 0 radical (unpaired) electrons. The number of benzene rings is 1. The summed E-state index contributed by atoms with van der Waals surface area (Å²) in [5, 5.41) is 9.14. The first-order valence-corrected chi connectivity index (χ1v) is 5.84. The first-order chi connectivity index (χ1) is 9.16. The smallest absolute Gasteiger partial charge is 0.253 e. The normalized spacial score (nSPS) is 10.4. The van der Waals surface area contributed by atoms with Crippen LogP contribution in [0.15, 0.2) is 24.5 Å². The minimum Gasteiger partial charge on any atom is -0.398 e. The van der Waals surface area contributed by atoms with Crippen molar-refractivity contribution in [3.05, 3.63) is 41.7 Å². The molecule has 1 aromatic heterocycles. The molecular weight excluding hydrogens is 249 g/mol. The predicted molar refractivity (Wildman–Crippen MR) is 67.8 cm³/mol. The maximum atomic E-state index is 13.0. The Morgan fingerprint density at radius 3 is 3.05 bits per heavy atom. The zero-order valence-electron chi connectivity index (χ0n) is 10.2. The number of rotatable bonds is 5. The minimum absolute atomic E-state index is 0.152. The van der Waals surface area contributed by atoms with E-state index in [1.54, 1.807) is 0 Å². The molecule has 2 aromatic rings. The minimum atomic E-state index is -0.485. The molecule has 2 rings (SSSR count). The fourth-order valence-electron chi connectivity index (χ4n) is 1.63. The van der Waals surface area contributed by atoms with Gasteiger partial charge in [0.25, 0.3) is 5.91 Å². The zero-order valence-corrected chi connectivity index (χ0v) is 10.2. The number of halogens is 1. The Morgan fingerprint density at radius 1 is 1.47 bits per heavy atom. The average Bonchev–Trinajstić information content (AvgIpc) is 2.90. The summed E-state index contributed by atoms with van der Waals surface area (Å²) in [6.07, 6.45) is 2.82. The van der Waals surface area contributed by atoms with Crippen LogP contribution in [0.1, 0.15) is 22.6 Å². The van der Waals surface area contributed by atoms with E-state index in [9.17, 15) is 9.18 Å². The fourth-order valence-corrected chi connectivity index (χ4v) is 1.63. The zero-order chi connectivity index (χ0) is 13.7. The third-order valence-electron chi connectivity index (χ3n) is 2.60. The molecule has 0 saturated heterocycles. The van der Waals surface area contributed by atoms with Gasteiger partial charge < -0.3 is 11.1 Å². The molecule has 0 spiro atoms. The molecule has 4 N–H and O–H groups in total. The molecule has 0 saturated carbocycles. The molecule has 0 atom stereocenters. The van der Waals surface area contributed by atoms with Gasteiger partial charge in [0.1, 0.15) is 18.0 Å². The lowest BCUT2D eigenvalue weighted by Crippen LogP contribution is -2.25. The van der Waals surface area contributed by atoms with Crippen molar-refractivity contribution in [2.75, 3.05) is 12.3 Å². The van der Waals surface area contributed by atoms with E-state index in [2.05, 4.69) is 20.5 Å². The SMILES string of the molecule is Nc1ccc(F)cc1C(=O)NCCCc1ncn[nH]1. The maximum Gasteiger partial charge on any atom is 0.253 e. The number of aryl methyl sites for hydroxylation is 1. The number of aromatic nitrogens is 3. The number of aromatic amines is 1. The highest BCUT2D eigenvalue weighted by Crippen LogP contribution is 2.12. The molecule has 1 aromatic carbocycles. The number of carbonyl (C=O) groups is 1. The van der Waals surface area contributed by atoms with Crippen molar-refractivity contribution >= 4 is 11.6 Å². The van der Waals surface area contributed by atoms with Gasteiger partial charge in [-0.1, -0.05) is 0 Å². The van der Waals surface area contributed by atoms with Crippen molar-refractivity contribution in [1.29, 1.82) is 0 Å². The van der Waals surface area contributed by atoms with E-state index in [4.69, 9.17) is 5.73 Å². The van der Waals surface area contributed by atoms with Crippen molar-refractivity contribution in [3.8, 4) is 0 Å². The summed E-state index contributed by atoms with van der Waals surface area (Å²) in [5.41, 5.74) is 6.03. The van der Waals surface area contributed by atoms with Crippen molar-refractivity contribution < 1.29 is 9.18 Å². The monoisotopic (exact) mass is 263 g/mol. The van der Waals surface area contributed by atoms with Crippen LogP contribution in [0.2, 0.25) is 0 Å². The number of nitrogens with zero attached hydrogens (tertiary/aromatic N) is 2. The van der Waals surface area contributed by atoms with E-state index in [1.165, 1.54) is 18.5 Å². The second-order valence-electron chi connectivity index (χ2n) is 4.02. The lowest BCUT2D eigenvalue weighted by Gasteiger charge is -2.07. The van der Waals surface area contributed by atoms with Gasteiger partial charge in [-0.15, -0.1) is 0 Å². The number of hydrogen-bond acceptors (Lipinski definition) is 4. The topological polar surface area (TPSA) is 96.7 Å². The van der Waals surface area contributed by atoms with Crippen molar-refractivity contribution in [3.63, 3.8) is 0 Å². The van der Waals surface area contributed by atoms with Gasteiger partial charge >= 0.3 is 0 Å².